The fourth-order valence-corrected chi connectivity index (χ4v) is 2.57. The third-order valence-corrected chi connectivity index (χ3v) is 3.98. The molecule has 0 bridgehead atoms. The molecule has 0 aromatic heterocycles. The predicted molar refractivity (Wildman–Crippen MR) is 107 cm³/mol. The summed E-state index contributed by atoms with van der Waals surface area (Å²) in [7, 11) is 3.14. The second kappa shape index (κ2) is 10.8. The number of hydrogen-bond donors (Lipinski definition) is 2. The van der Waals surface area contributed by atoms with Gasteiger partial charge >= 0.3 is 0 Å². The average molecular weight is 386 g/mol. The predicted octanol–water partition coefficient (Wildman–Crippen LogP) is 2.79. The van der Waals surface area contributed by atoms with Crippen molar-refractivity contribution in [2.75, 3.05) is 32.7 Å². The molecular weight excluding hydrogens is 360 g/mol. The monoisotopic (exact) mass is 386 g/mol. The summed E-state index contributed by atoms with van der Waals surface area (Å²) in [6.07, 6.45) is 0.804. The number of benzene rings is 2. The van der Waals surface area contributed by atoms with Crippen LogP contribution in [0.1, 0.15) is 18.9 Å². The first-order valence-corrected chi connectivity index (χ1v) is 9.06. The molecule has 2 aromatic carbocycles. The van der Waals surface area contributed by atoms with Crippen LogP contribution in [0.5, 0.6) is 17.2 Å². The highest BCUT2D eigenvalue weighted by Crippen LogP contribution is 2.27. The Morgan fingerprint density at radius 1 is 0.929 bits per heavy atom. The van der Waals surface area contributed by atoms with Crippen LogP contribution in [0.15, 0.2) is 42.5 Å². The van der Waals surface area contributed by atoms with Crippen LogP contribution < -0.4 is 24.8 Å². The summed E-state index contributed by atoms with van der Waals surface area (Å²) < 4.78 is 15.8. The quantitative estimate of drug-likeness (QED) is 0.656. The Morgan fingerprint density at radius 2 is 1.64 bits per heavy atom. The Morgan fingerprint density at radius 3 is 2.29 bits per heavy atom. The van der Waals surface area contributed by atoms with Crippen LogP contribution in [0.2, 0.25) is 0 Å². The fraction of sp³-hybridized carbons (Fsp3) is 0.333. The Bertz CT molecular complexity index is 790. The van der Waals surface area contributed by atoms with Gasteiger partial charge in [-0.25, -0.2) is 0 Å². The minimum atomic E-state index is -0.288. The van der Waals surface area contributed by atoms with Crippen LogP contribution in [0.3, 0.4) is 0 Å². The Hall–Kier alpha value is -3.22. The summed E-state index contributed by atoms with van der Waals surface area (Å²) in [5.41, 5.74) is 1.60. The number of hydrogen-bond acceptors (Lipinski definition) is 5. The van der Waals surface area contributed by atoms with Crippen molar-refractivity contribution in [3.63, 3.8) is 0 Å². The molecule has 0 atom stereocenters. The maximum Gasteiger partial charge on any atom is 0.243 e. The normalized spacial score (nSPS) is 10.1. The zero-order chi connectivity index (χ0) is 20.4. The molecule has 0 aliphatic heterocycles. The summed E-state index contributed by atoms with van der Waals surface area (Å²) in [4.78, 5) is 24.0. The number of carbonyl (C=O) groups excluding carboxylic acids is 2. The van der Waals surface area contributed by atoms with Crippen LogP contribution in [-0.2, 0) is 16.0 Å². The van der Waals surface area contributed by atoms with Gasteiger partial charge in [0, 0.05) is 12.1 Å². The van der Waals surface area contributed by atoms with Gasteiger partial charge in [-0.1, -0.05) is 6.07 Å². The summed E-state index contributed by atoms with van der Waals surface area (Å²) in [5, 5.41) is 5.35. The minimum Gasteiger partial charge on any atom is -0.494 e. The van der Waals surface area contributed by atoms with Crippen molar-refractivity contribution in [3.8, 4) is 17.2 Å². The first-order valence-electron chi connectivity index (χ1n) is 9.06. The van der Waals surface area contributed by atoms with Gasteiger partial charge in [0.15, 0.2) is 11.5 Å². The Balaban J connectivity index is 1.75. The highest BCUT2D eigenvalue weighted by molar-refractivity contribution is 5.94. The van der Waals surface area contributed by atoms with E-state index in [1.165, 1.54) is 0 Å². The van der Waals surface area contributed by atoms with E-state index in [1.807, 2.05) is 19.1 Å². The number of nitrogens with one attached hydrogen (secondary N) is 2. The van der Waals surface area contributed by atoms with E-state index < -0.39 is 0 Å². The van der Waals surface area contributed by atoms with E-state index in [2.05, 4.69) is 10.6 Å². The average Bonchev–Trinajstić information content (AvgIpc) is 2.72. The molecule has 2 N–H and O–H groups in total. The van der Waals surface area contributed by atoms with E-state index in [-0.39, 0.29) is 24.8 Å². The molecule has 7 heteroatoms. The van der Waals surface area contributed by atoms with E-state index in [4.69, 9.17) is 14.2 Å². The molecule has 2 rings (SSSR count). The van der Waals surface area contributed by atoms with Crippen molar-refractivity contribution in [1.29, 1.82) is 0 Å². The van der Waals surface area contributed by atoms with E-state index in [0.717, 1.165) is 11.3 Å². The molecule has 150 valence electrons. The van der Waals surface area contributed by atoms with Gasteiger partial charge in [-0.3, -0.25) is 9.59 Å². The van der Waals surface area contributed by atoms with Gasteiger partial charge < -0.3 is 24.8 Å². The van der Waals surface area contributed by atoms with Crippen LogP contribution in [0, 0.1) is 0 Å². The lowest BCUT2D eigenvalue weighted by Gasteiger charge is -2.10. The second-order valence-electron chi connectivity index (χ2n) is 5.97. The lowest BCUT2D eigenvalue weighted by Crippen LogP contribution is -2.32. The van der Waals surface area contributed by atoms with Crippen molar-refractivity contribution in [2.24, 2.45) is 0 Å². The summed E-state index contributed by atoms with van der Waals surface area (Å²) in [6, 6.07) is 12.6. The summed E-state index contributed by atoms with van der Waals surface area (Å²) in [5.74, 6) is 1.51. The van der Waals surface area contributed by atoms with Gasteiger partial charge in [0.1, 0.15) is 5.75 Å². The first-order chi connectivity index (χ1) is 13.5. The van der Waals surface area contributed by atoms with Crippen molar-refractivity contribution in [2.45, 2.75) is 19.8 Å². The molecule has 0 saturated carbocycles. The van der Waals surface area contributed by atoms with Gasteiger partial charge in [-0.15, -0.1) is 0 Å². The molecular formula is C21H26N2O5. The van der Waals surface area contributed by atoms with Gasteiger partial charge in [0.05, 0.1) is 27.4 Å². The molecule has 7 nitrogen and oxygen atoms in total. The molecule has 0 fully saturated rings. The molecule has 28 heavy (non-hydrogen) atoms. The molecule has 0 radical (unpaired) electrons. The number of anilines is 1. The lowest BCUT2D eigenvalue weighted by molar-refractivity contribution is -0.124. The number of methoxy groups -OCH3 is 2. The van der Waals surface area contributed by atoms with Crippen molar-refractivity contribution < 1.29 is 23.8 Å². The second-order valence-corrected chi connectivity index (χ2v) is 5.97. The van der Waals surface area contributed by atoms with E-state index in [1.54, 1.807) is 44.6 Å². The number of ether oxygens (including phenoxy) is 3. The van der Waals surface area contributed by atoms with Crippen LogP contribution >= 0.6 is 0 Å². The summed E-state index contributed by atoms with van der Waals surface area (Å²) >= 11 is 0. The zero-order valence-corrected chi connectivity index (χ0v) is 16.4. The highest BCUT2D eigenvalue weighted by atomic mass is 16.5. The molecule has 2 amide bonds. The summed E-state index contributed by atoms with van der Waals surface area (Å²) in [6.45, 7) is 2.41. The lowest BCUT2D eigenvalue weighted by atomic mass is 10.1. The fourth-order valence-electron chi connectivity index (χ4n) is 2.57. The van der Waals surface area contributed by atoms with Crippen LogP contribution in [0.4, 0.5) is 5.69 Å². The van der Waals surface area contributed by atoms with E-state index in [9.17, 15) is 9.59 Å². The van der Waals surface area contributed by atoms with E-state index >= 15 is 0 Å². The molecule has 0 aliphatic carbocycles. The van der Waals surface area contributed by atoms with Crippen LogP contribution in [0.25, 0.3) is 0 Å². The van der Waals surface area contributed by atoms with Crippen molar-refractivity contribution in [1.82, 2.24) is 5.32 Å². The molecule has 0 saturated heterocycles. The third kappa shape index (κ3) is 6.50. The largest absolute Gasteiger partial charge is 0.494 e. The first kappa shape index (κ1) is 21.1. The molecule has 0 spiro atoms. The number of aryl methyl sites for hydroxylation is 1. The topological polar surface area (TPSA) is 85.9 Å². The highest BCUT2D eigenvalue weighted by Gasteiger charge is 2.09. The number of rotatable bonds is 10. The molecule has 0 unspecified atom stereocenters. The molecule has 2 aromatic rings. The maximum atomic E-state index is 12.0. The van der Waals surface area contributed by atoms with Gasteiger partial charge in [0.25, 0.3) is 0 Å². The van der Waals surface area contributed by atoms with Gasteiger partial charge in [0.2, 0.25) is 11.8 Å². The number of amides is 2. The van der Waals surface area contributed by atoms with Crippen molar-refractivity contribution in [3.05, 3.63) is 48.0 Å². The number of carbonyl (C=O) groups is 2. The van der Waals surface area contributed by atoms with Crippen LogP contribution in [-0.4, -0.2) is 39.2 Å². The van der Waals surface area contributed by atoms with Gasteiger partial charge in [-0.2, -0.15) is 0 Å². The third-order valence-electron chi connectivity index (χ3n) is 3.98. The minimum absolute atomic E-state index is 0.0853. The van der Waals surface area contributed by atoms with E-state index in [0.29, 0.717) is 30.2 Å². The Labute approximate surface area is 165 Å². The maximum absolute atomic E-state index is 12.0. The smallest absolute Gasteiger partial charge is 0.243 e. The zero-order valence-electron chi connectivity index (χ0n) is 16.4. The Kier molecular flexibility index (Phi) is 8.14. The molecule has 0 heterocycles. The van der Waals surface area contributed by atoms with Crippen molar-refractivity contribution >= 4 is 17.5 Å². The van der Waals surface area contributed by atoms with Gasteiger partial charge in [-0.05, 0) is 55.3 Å². The molecule has 0 aliphatic rings. The SMILES string of the molecule is CCOc1ccc(NC(=O)CNC(=O)CCc2ccc(OC)c(OC)c2)cc1. The standard InChI is InChI=1S/C21H26N2O5/c1-4-28-17-9-7-16(8-10-17)23-21(25)14-22-20(24)12-6-15-5-11-18(26-2)19(13-15)27-3/h5,7-11,13H,4,6,12,14H2,1-3H3,(H,22,24)(H,23,25).